The molecule has 0 aliphatic heterocycles. The zero-order chi connectivity index (χ0) is 29.4. The number of carboxylic acids is 1. The lowest BCUT2D eigenvalue weighted by Gasteiger charge is -2.09. The summed E-state index contributed by atoms with van der Waals surface area (Å²) in [7, 11) is 0. The van der Waals surface area contributed by atoms with Crippen molar-refractivity contribution in [2.75, 3.05) is 0 Å². The van der Waals surface area contributed by atoms with Crippen LogP contribution in [-0.2, 0) is 0 Å². The highest BCUT2D eigenvalue weighted by Gasteiger charge is 2.31. The number of primary amides is 1. The van der Waals surface area contributed by atoms with E-state index in [-0.39, 0.29) is 27.0 Å². The number of carboxylic acid groups (broad SMARTS) is 1. The third-order valence-corrected chi connectivity index (χ3v) is 6.88. The van der Waals surface area contributed by atoms with Gasteiger partial charge in [0.15, 0.2) is 0 Å². The quantitative estimate of drug-likeness (QED) is 0.171. The minimum absolute atomic E-state index is 0.0117. The number of carbonyl (C=O) groups is 3. The predicted molar refractivity (Wildman–Crippen MR) is 142 cm³/mol. The molecule has 0 unspecified atom stereocenters. The van der Waals surface area contributed by atoms with Gasteiger partial charge < -0.3 is 20.7 Å². The molecule has 0 saturated heterocycles. The van der Waals surface area contributed by atoms with E-state index in [9.17, 15) is 32.7 Å². The number of nitrogens with zero attached hydrogens (tertiary/aromatic N) is 2. The Morgan fingerprint density at radius 1 is 1.05 bits per heavy atom. The summed E-state index contributed by atoms with van der Waals surface area (Å²) in [6.45, 7) is 1.54. The molecule has 40 heavy (non-hydrogen) atoms. The summed E-state index contributed by atoms with van der Waals surface area (Å²) >= 11 is 1.94. The van der Waals surface area contributed by atoms with Crippen molar-refractivity contribution in [2.24, 2.45) is 10.8 Å². The van der Waals surface area contributed by atoms with Gasteiger partial charge in [-0.05, 0) is 61.0 Å². The van der Waals surface area contributed by atoms with Gasteiger partial charge in [0.05, 0.1) is 21.0 Å². The average Bonchev–Trinajstić information content (AvgIpc) is 3.55. The van der Waals surface area contributed by atoms with Gasteiger partial charge in [0.2, 0.25) is 0 Å². The normalized spacial score (nSPS) is 11.2. The van der Waals surface area contributed by atoms with Crippen LogP contribution < -0.4 is 15.9 Å². The molecule has 10 nitrogen and oxygen atoms in total. The van der Waals surface area contributed by atoms with Crippen LogP contribution in [0.4, 0.5) is 13.2 Å². The number of aromatic hydroxyl groups is 1. The Balaban J connectivity index is 0.000000415. The van der Waals surface area contributed by atoms with Crippen molar-refractivity contribution in [1.29, 1.82) is 0 Å². The number of ether oxygens (including phenoxy) is 1. The van der Waals surface area contributed by atoms with Crippen LogP contribution in [-0.4, -0.2) is 45.1 Å². The number of alkyl halides is 3. The zero-order valence-corrected chi connectivity index (χ0v) is 21.9. The van der Waals surface area contributed by atoms with Crippen LogP contribution in [0.2, 0.25) is 0 Å². The highest BCUT2D eigenvalue weighted by molar-refractivity contribution is 7.15. The van der Waals surface area contributed by atoms with Crippen molar-refractivity contribution in [3.63, 3.8) is 0 Å². The van der Waals surface area contributed by atoms with Gasteiger partial charge in [0.25, 0.3) is 11.8 Å². The van der Waals surface area contributed by atoms with Crippen LogP contribution in [0.25, 0.3) is 10.4 Å². The number of halogens is 3. The molecule has 4 rings (SSSR count). The number of hydrazone groups is 1. The van der Waals surface area contributed by atoms with E-state index in [1.165, 1.54) is 30.5 Å². The van der Waals surface area contributed by atoms with E-state index in [2.05, 4.69) is 20.2 Å². The molecule has 1 aromatic carbocycles. The lowest BCUT2D eigenvalue weighted by molar-refractivity contribution is -0.274. The van der Waals surface area contributed by atoms with Crippen LogP contribution in [0.5, 0.6) is 11.5 Å². The molecule has 4 aromatic rings. The molecule has 0 aliphatic rings. The van der Waals surface area contributed by atoms with E-state index in [1.807, 2.05) is 0 Å². The molecular weight excluding hydrogens is 573 g/mol. The summed E-state index contributed by atoms with van der Waals surface area (Å²) in [4.78, 5) is 37.6. The Kier molecular flexibility index (Phi) is 9.58. The fourth-order valence-corrected chi connectivity index (χ4v) is 4.70. The smallest absolute Gasteiger partial charge is 0.506 e. The number of aromatic carboxylic acids is 1. The second kappa shape index (κ2) is 12.9. The number of nitrogens with one attached hydrogen (secondary N) is 1. The highest BCUT2D eigenvalue weighted by atomic mass is 32.1. The van der Waals surface area contributed by atoms with Gasteiger partial charge in [0.1, 0.15) is 22.1 Å². The number of carbonyl (C=O) groups excluding carboxylic acids is 2. The van der Waals surface area contributed by atoms with Gasteiger partial charge in [-0.2, -0.15) is 5.10 Å². The van der Waals surface area contributed by atoms with E-state index >= 15 is 0 Å². The molecule has 3 heterocycles. The number of amides is 2. The van der Waals surface area contributed by atoms with Crippen molar-refractivity contribution < 1.29 is 42.5 Å². The minimum atomic E-state index is -4.80. The maximum absolute atomic E-state index is 12.3. The largest absolute Gasteiger partial charge is 0.573 e. The van der Waals surface area contributed by atoms with Gasteiger partial charge in [-0.25, -0.2) is 10.2 Å². The summed E-state index contributed by atoms with van der Waals surface area (Å²) < 4.78 is 40.6. The summed E-state index contributed by atoms with van der Waals surface area (Å²) in [5.41, 5.74) is 8.58. The van der Waals surface area contributed by atoms with Gasteiger partial charge in [0, 0.05) is 11.6 Å². The molecule has 208 valence electrons. The van der Waals surface area contributed by atoms with Crippen LogP contribution in [0, 0.1) is 0 Å². The summed E-state index contributed by atoms with van der Waals surface area (Å²) in [6, 6.07) is 12.7. The molecular formula is C25H19F3N4O6S2. The van der Waals surface area contributed by atoms with Crippen molar-refractivity contribution in [2.45, 2.75) is 13.3 Å². The lowest BCUT2D eigenvalue weighted by atomic mass is 10.1. The minimum Gasteiger partial charge on any atom is -0.506 e. The van der Waals surface area contributed by atoms with Gasteiger partial charge >= 0.3 is 12.3 Å². The van der Waals surface area contributed by atoms with E-state index in [0.29, 0.717) is 21.7 Å². The van der Waals surface area contributed by atoms with E-state index in [1.54, 1.807) is 30.5 Å². The molecule has 3 aromatic heterocycles. The number of aromatic nitrogens is 1. The monoisotopic (exact) mass is 592 g/mol. The number of thiophene rings is 2. The molecule has 0 saturated carbocycles. The fourth-order valence-electron chi connectivity index (χ4n) is 2.95. The standard InChI is InChI=1S/C19H13F3N2O5S2.C6H6N2O/c1-9(23-24-17(26)13-6-7-14(31-13)18(27)28)12-8-30-16(15(12)25)10-2-4-11(5-3-10)29-19(20,21)22;7-6(9)5-3-1-2-4-8-5/h2-8,25H,1H3,(H,24,26)(H,27,28);1-4H,(H2,7,9). The van der Waals surface area contributed by atoms with Crippen LogP contribution in [0.15, 0.2) is 71.3 Å². The Hall–Kier alpha value is -4.76. The summed E-state index contributed by atoms with van der Waals surface area (Å²) in [5.74, 6) is -2.76. The Labute approximate surface area is 232 Å². The Morgan fingerprint density at radius 2 is 1.73 bits per heavy atom. The highest BCUT2D eigenvalue weighted by Crippen LogP contribution is 2.39. The molecule has 0 atom stereocenters. The van der Waals surface area contributed by atoms with E-state index < -0.39 is 24.1 Å². The third kappa shape index (κ3) is 8.12. The maximum atomic E-state index is 12.3. The number of benzene rings is 1. The first-order valence-corrected chi connectivity index (χ1v) is 12.6. The third-order valence-electron chi connectivity index (χ3n) is 4.79. The van der Waals surface area contributed by atoms with E-state index in [0.717, 1.165) is 34.8 Å². The number of pyridine rings is 1. The van der Waals surface area contributed by atoms with Crippen molar-refractivity contribution in [3.05, 3.63) is 87.2 Å². The molecule has 5 N–H and O–H groups in total. The van der Waals surface area contributed by atoms with Gasteiger partial charge in [-0.1, -0.05) is 6.07 Å². The maximum Gasteiger partial charge on any atom is 0.573 e. The van der Waals surface area contributed by atoms with Gasteiger partial charge in [-0.15, -0.1) is 35.8 Å². The van der Waals surface area contributed by atoms with Crippen LogP contribution >= 0.6 is 22.7 Å². The Bertz CT molecular complexity index is 1530. The molecule has 0 spiro atoms. The second-order valence-corrected chi connectivity index (χ2v) is 9.55. The molecule has 0 radical (unpaired) electrons. The zero-order valence-electron chi connectivity index (χ0n) is 20.3. The predicted octanol–water partition coefficient (Wildman–Crippen LogP) is 5.11. The average molecular weight is 593 g/mol. The van der Waals surface area contributed by atoms with Crippen LogP contribution in [0.3, 0.4) is 0 Å². The number of hydrogen-bond donors (Lipinski definition) is 4. The first kappa shape index (κ1) is 29.8. The summed E-state index contributed by atoms with van der Waals surface area (Å²) in [6.07, 6.45) is -3.27. The topological polar surface area (TPSA) is 164 Å². The van der Waals surface area contributed by atoms with Crippen molar-refractivity contribution >= 4 is 46.2 Å². The Morgan fingerprint density at radius 3 is 2.25 bits per heavy atom. The molecule has 0 bridgehead atoms. The van der Waals surface area contributed by atoms with Crippen LogP contribution in [0.1, 0.15) is 42.3 Å². The molecule has 0 fully saturated rings. The van der Waals surface area contributed by atoms with Crippen molar-refractivity contribution in [1.82, 2.24) is 10.4 Å². The molecule has 0 aliphatic carbocycles. The first-order chi connectivity index (χ1) is 18.9. The number of nitrogens with two attached hydrogens (primary N) is 1. The number of rotatable bonds is 7. The van der Waals surface area contributed by atoms with E-state index in [4.69, 9.17) is 10.8 Å². The fraction of sp³-hybridized carbons (Fsp3) is 0.0800. The molecule has 2 amide bonds. The first-order valence-electron chi connectivity index (χ1n) is 10.9. The SMILES string of the molecule is CC(=NNC(=O)c1ccc(C(=O)O)s1)c1csc(-c2ccc(OC(F)(F)F)cc2)c1O.NC(=O)c1ccccn1. The lowest BCUT2D eigenvalue weighted by Crippen LogP contribution is -2.18. The number of hydrogen-bond acceptors (Lipinski definition) is 9. The van der Waals surface area contributed by atoms with Gasteiger partial charge in [-0.3, -0.25) is 14.6 Å². The second-order valence-electron chi connectivity index (χ2n) is 7.59. The van der Waals surface area contributed by atoms with Crippen molar-refractivity contribution in [3.8, 4) is 21.9 Å². The molecule has 15 heteroatoms. The summed E-state index contributed by atoms with van der Waals surface area (Å²) in [5, 5.41) is 24.9.